The van der Waals surface area contributed by atoms with E-state index in [1.165, 1.54) is 0 Å². The molecule has 2 N–H and O–H groups in total. The molecule has 7 heteroatoms. The second-order valence-electron chi connectivity index (χ2n) is 7.31. The van der Waals surface area contributed by atoms with Gasteiger partial charge in [0.1, 0.15) is 19.0 Å². The van der Waals surface area contributed by atoms with Crippen molar-refractivity contribution in [2.75, 3.05) is 39.5 Å². The van der Waals surface area contributed by atoms with Gasteiger partial charge in [-0.3, -0.25) is 4.79 Å². The number of hydrogen-bond acceptors (Lipinski definition) is 7. The molecule has 154 valence electrons. The van der Waals surface area contributed by atoms with Gasteiger partial charge in [-0.05, 0) is 17.7 Å². The quantitative estimate of drug-likeness (QED) is 0.654. The average molecular weight is 398 g/mol. The molecule has 0 amide bonds. The van der Waals surface area contributed by atoms with Gasteiger partial charge in [-0.2, -0.15) is 0 Å². The van der Waals surface area contributed by atoms with Gasteiger partial charge in [0.05, 0.1) is 13.2 Å². The zero-order valence-electron chi connectivity index (χ0n) is 16.3. The molecule has 7 nitrogen and oxygen atoms in total. The molecule has 0 saturated carbocycles. The highest BCUT2D eigenvalue weighted by molar-refractivity contribution is 5.66. The molecule has 29 heavy (non-hydrogen) atoms. The standard InChI is InChI=1S/C22H26N2O5/c25-15-22(14-23-11-18-13-26-9-8-24-18)16-28-20-7-6-19(10-21(20)29-22)27-12-17-4-2-1-3-5-17/h1-7,10,15,18,23-24H,8-9,11-14,16H2. The largest absolute Gasteiger partial charge is 0.489 e. The number of hydrogen-bond donors (Lipinski definition) is 2. The van der Waals surface area contributed by atoms with Crippen molar-refractivity contribution in [2.45, 2.75) is 18.2 Å². The number of benzene rings is 2. The first-order valence-corrected chi connectivity index (χ1v) is 9.87. The lowest BCUT2D eigenvalue weighted by atomic mass is 10.1. The molecule has 0 spiro atoms. The molecular weight excluding hydrogens is 372 g/mol. The summed E-state index contributed by atoms with van der Waals surface area (Å²) in [5.74, 6) is 1.78. The molecule has 0 aromatic heterocycles. The van der Waals surface area contributed by atoms with Crippen LogP contribution < -0.4 is 24.8 Å². The molecule has 2 aromatic rings. The lowest BCUT2D eigenvalue weighted by Crippen LogP contribution is -2.56. The van der Waals surface area contributed by atoms with Crippen LogP contribution in [0.2, 0.25) is 0 Å². The van der Waals surface area contributed by atoms with Crippen LogP contribution in [0.15, 0.2) is 48.5 Å². The minimum atomic E-state index is -1.07. The van der Waals surface area contributed by atoms with Crippen LogP contribution in [0.3, 0.4) is 0 Å². The van der Waals surface area contributed by atoms with Crippen LogP contribution in [0.5, 0.6) is 17.2 Å². The Hall–Kier alpha value is -2.61. The van der Waals surface area contributed by atoms with Gasteiger partial charge in [-0.25, -0.2) is 0 Å². The van der Waals surface area contributed by atoms with Crippen molar-refractivity contribution in [2.24, 2.45) is 0 Å². The van der Waals surface area contributed by atoms with Gasteiger partial charge < -0.3 is 29.6 Å². The Balaban J connectivity index is 1.36. The second kappa shape index (κ2) is 9.26. The zero-order valence-corrected chi connectivity index (χ0v) is 16.3. The molecule has 2 unspecified atom stereocenters. The zero-order chi connectivity index (χ0) is 19.9. The number of nitrogens with one attached hydrogen (secondary N) is 2. The summed E-state index contributed by atoms with van der Waals surface area (Å²) < 4.78 is 23.2. The van der Waals surface area contributed by atoms with E-state index in [1.54, 1.807) is 12.1 Å². The molecule has 2 heterocycles. The lowest BCUT2D eigenvalue weighted by Gasteiger charge is -2.35. The van der Waals surface area contributed by atoms with Crippen molar-refractivity contribution < 1.29 is 23.7 Å². The first-order valence-electron chi connectivity index (χ1n) is 9.87. The number of fused-ring (bicyclic) bond motifs is 1. The van der Waals surface area contributed by atoms with E-state index in [9.17, 15) is 4.79 Å². The van der Waals surface area contributed by atoms with Gasteiger partial charge in [0.2, 0.25) is 5.60 Å². The monoisotopic (exact) mass is 398 g/mol. The van der Waals surface area contributed by atoms with Crippen LogP contribution in [0.25, 0.3) is 0 Å². The third kappa shape index (κ3) is 5.06. The van der Waals surface area contributed by atoms with Crippen molar-refractivity contribution >= 4 is 6.29 Å². The Bertz CT molecular complexity index is 810. The molecular formula is C22H26N2O5. The van der Waals surface area contributed by atoms with E-state index in [1.807, 2.05) is 36.4 Å². The topological polar surface area (TPSA) is 78.1 Å². The molecule has 2 aliphatic heterocycles. The summed E-state index contributed by atoms with van der Waals surface area (Å²) >= 11 is 0. The fourth-order valence-electron chi connectivity index (χ4n) is 3.36. The van der Waals surface area contributed by atoms with Gasteiger partial charge in [0.25, 0.3) is 0 Å². The predicted octanol–water partition coefficient (Wildman–Crippen LogP) is 1.55. The van der Waals surface area contributed by atoms with E-state index in [4.69, 9.17) is 18.9 Å². The molecule has 1 saturated heterocycles. The number of carbonyl (C=O) groups excluding carboxylic acids is 1. The summed E-state index contributed by atoms with van der Waals surface area (Å²) in [6.45, 7) is 3.88. The maximum atomic E-state index is 11.9. The van der Waals surface area contributed by atoms with Gasteiger partial charge in [0.15, 0.2) is 17.8 Å². The Morgan fingerprint density at radius 2 is 2.10 bits per heavy atom. The predicted molar refractivity (Wildman–Crippen MR) is 108 cm³/mol. The van der Waals surface area contributed by atoms with E-state index in [0.29, 0.717) is 43.6 Å². The van der Waals surface area contributed by atoms with Crippen molar-refractivity contribution in [3.05, 3.63) is 54.1 Å². The van der Waals surface area contributed by atoms with E-state index in [2.05, 4.69) is 10.6 Å². The van der Waals surface area contributed by atoms with Crippen LogP contribution in [0.1, 0.15) is 5.56 Å². The SMILES string of the molecule is O=CC1(CNCC2COCCN2)COc2ccc(OCc3ccccc3)cc2O1. The Morgan fingerprint density at radius 1 is 1.21 bits per heavy atom. The van der Waals surface area contributed by atoms with Crippen LogP contribution >= 0.6 is 0 Å². The highest BCUT2D eigenvalue weighted by atomic mass is 16.6. The number of ether oxygens (including phenoxy) is 4. The van der Waals surface area contributed by atoms with Gasteiger partial charge in [-0.15, -0.1) is 0 Å². The minimum Gasteiger partial charge on any atom is -0.489 e. The maximum absolute atomic E-state index is 11.9. The first kappa shape index (κ1) is 19.7. The maximum Gasteiger partial charge on any atom is 0.210 e. The van der Waals surface area contributed by atoms with E-state index >= 15 is 0 Å². The lowest BCUT2D eigenvalue weighted by molar-refractivity contribution is -0.126. The van der Waals surface area contributed by atoms with Crippen molar-refractivity contribution in [1.29, 1.82) is 0 Å². The Labute approximate surface area is 170 Å². The van der Waals surface area contributed by atoms with Crippen molar-refractivity contribution in [3.63, 3.8) is 0 Å². The number of morpholine rings is 1. The molecule has 0 bridgehead atoms. The molecule has 0 radical (unpaired) electrons. The second-order valence-corrected chi connectivity index (χ2v) is 7.31. The molecule has 2 aromatic carbocycles. The average Bonchev–Trinajstić information content (AvgIpc) is 2.79. The van der Waals surface area contributed by atoms with Crippen LogP contribution in [0.4, 0.5) is 0 Å². The Morgan fingerprint density at radius 3 is 2.90 bits per heavy atom. The van der Waals surface area contributed by atoms with Crippen molar-refractivity contribution in [1.82, 2.24) is 10.6 Å². The third-order valence-electron chi connectivity index (χ3n) is 4.98. The summed E-state index contributed by atoms with van der Waals surface area (Å²) in [7, 11) is 0. The summed E-state index contributed by atoms with van der Waals surface area (Å²) in [5.41, 5.74) is 0.00903. The van der Waals surface area contributed by atoms with E-state index in [0.717, 1.165) is 25.0 Å². The summed E-state index contributed by atoms with van der Waals surface area (Å²) in [5, 5.41) is 6.67. The molecule has 4 rings (SSSR count). The minimum absolute atomic E-state index is 0.162. The molecule has 2 atom stereocenters. The third-order valence-corrected chi connectivity index (χ3v) is 4.98. The summed E-state index contributed by atoms with van der Waals surface area (Å²) in [4.78, 5) is 11.9. The highest BCUT2D eigenvalue weighted by Gasteiger charge is 2.38. The van der Waals surface area contributed by atoms with E-state index < -0.39 is 5.60 Å². The number of rotatable bonds is 8. The van der Waals surface area contributed by atoms with Crippen LogP contribution in [-0.4, -0.2) is 57.4 Å². The Kier molecular flexibility index (Phi) is 6.29. The smallest absolute Gasteiger partial charge is 0.210 e. The van der Waals surface area contributed by atoms with Gasteiger partial charge >= 0.3 is 0 Å². The molecule has 1 fully saturated rings. The summed E-state index contributed by atoms with van der Waals surface area (Å²) in [6.07, 6.45) is 0.811. The first-order chi connectivity index (χ1) is 14.3. The molecule has 2 aliphatic rings. The van der Waals surface area contributed by atoms with Crippen LogP contribution in [0, 0.1) is 0 Å². The van der Waals surface area contributed by atoms with Crippen molar-refractivity contribution in [3.8, 4) is 17.2 Å². The fraction of sp³-hybridized carbons (Fsp3) is 0.409. The van der Waals surface area contributed by atoms with Gasteiger partial charge in [-0.1, -0.05) is 30.3 Å². The number of carbonyl (C=O) groups is 1. The summed E-state index contributed by atoms with van der Waals surface area (Å²) in [6, 6.07) is 15.6. The fourth-order valence-corrected chi connectivity index (χ4v) is 3.36. The van der Waals surface area contributed by atoms with Crippen LogP contribution in [-0.2, 0) is 16.1 Å². The highest BCUT2D eigenvalue weighted by Crippen LogP contribution is 2.37. The molecule has 0 aliphatic carbocycles. The van der Waals surface area contributed by atoms with Gasteiger partial charge in [0, 0.05) is 31.7 Å². The normalized spacial score (nSPS) is 23.4. The van der Waals surface area contributed by atoms with E-state index in [-0.39, 0.29) is 12.6 Å². The number of aldehydes is 1.